The zero-order valence-corrected chi connectivity index (χ0v) is 11.4. The fourth-order valence-corrected chi connectivity index (χ4v) is 2.11. The molecule has 20 heavy (non-hydrogen) atoms. The maximum absolute atomic E-state index is 11.1. The van der Waals surface area contributed by atoms with Gasteiger partial charge in [-0.15, -0.1) is 0 Å². The molecule has 0 unspecified atom stereocenters. The normalized spacial score (nSPS) is 10.6. The first-order valence-corrected chi connectivity index (χ1v) is 6.88. The molecule has 1 heterocycles. The molecule has 4 nitrogen and oxygen atoms in total. The van der Waals surface area contributed by atoms with E-state index in [1.54, 1.807) is 0 Å². The van der Waals surface area contributed by atoms with Crippen LogP contribution in [0.2, 0.25) is 0 Å². The molecule has 1 aromatic heterocycles. The standard InChI is InChI=1S/C15H10N3OP/c19-20-15-17-13(11-7-3-1-4-8-11)16-14(18-15)12-9-5-2-6-10-12/h1-10H. The topological polar surface area (TPSA) is 55.7 Å². The van der Waals surface area contributed by atoms with Gasteiger partial charge in [0.1, 0.15) is 0 Å². The molecule has 2 aromatic carbocycles. The molecule has 3 aromatic rings. The Hall–Kier alpha value is -2.45. The number of nitrogens with zero attached hydrogens (tertiary/aromatic N) is 3. The summed E-state index contributed by atoms with van der Waals surface area (Å²) in [5.41, 5.74) is 1.98. The fraction of sp³-hybridized carbons (Fsp3) is 0. The maximum Gasteiger partial charge on any atom is 0.234 e. The number of rotatable bonds is 3. The summed E-state index contributed by atoms with van der Waals surface area (Å²) < 4.78 is 11.1. The first kappa shape index (κ1) is 12.6. The van der Waals surface area contributed by atoms with Gasteiger partial charge in [-0.2, -0.15) is 0 Å². The van der Waals surface area contributed by atoms with E-state index >= 15 is 0 Å². The van der Waals surface area contributed by atoms with Crippen LogP contribution in [-0.2, 0) is 4.57 Å². The first-order chi connectivity index (χ1) is 9.86. The molecule has 0 saturated heterocycles. The zero-order valence-electron chi connectivity index (χ0n) is 10.5. The molecule has 0 aliphatic rings. The highest BCUT2D eigenvalue weighted by atomic mass is 31.1. The summed E-state index contributed by atoms with van der Waals surface area (Å²) in [6.45, 7) is 0. The van der Waals surface area contributed by atoms with Gasteiger partial charge in [0, 0.05) is 11.1 Å². The lowest BCUT2D eigenvalue weighted by Crippen LogP contribution is -2.10. The Labute approximate surface area is 117 Å². The molecule has 0 N–H and O–H groups in total. The molecule has 0 atom stereocenters. The van der Waals surface area contributed by atoms with E-state index in [4.69, 9.17) is 0 Å². The average molecular weight is 279 g/mol. The summed E-state index contributed by atoms with van der Waals surface area (Å²) >= 11 is 0. The second-order valence-corrected chi connectivity index (χ2v) is 4.69. The lowest BCUT2D eigenvalue weighted by atomic mass is 10.2. The van der Waals surface area contributed by atoms with Crippen molar-refractivity contribution in [3.8, 4) is 22.8 Å². The number of hydrogen-bond donors (Lipinski definition) is 0. The minimum Gasteiger partial charge on any atom is -0.266 e. The monoisotopic (exact) mass is 279 g/mol. The van der Waals surface area contributed by atoms with Crippen LogP contribution in [0.5, 0.6) is 0 Å². The van der Waals surface area contributed by atoms with Gasteiger partial charge in [-0.1, -0.05) is 60.7 Å². The van der Waals surface area contributed by atoms with Gasteiger partial charge in [0.05, 0.1) is 0 Å². The van der Waals surface area contributed by atoms with Crippen molar-refractivity contribution >= 4 is 14.0 Å². The molecule has 0 fully saturated rings. The first-order valence-electron chi connectivity index (χ1n) is 6.07. The zero-order chi connectivity index (χ0) is 13.8. The van der Waals surface area contributed by atoms with Crippen LogP contribution in [0.15, 0.2) is 60.7 Å². The van der Waals surface area contributed by atoms with Crippen LogP contribution in [0.1, 0.15) is 0 Å². The van der Waals surface area contributed by atoms with Crippen LogP contribution < -0.4 is 5.57 Å². The largest absolute Gasteiger partial charge is 0.266 e. The quantitative estimate of drug-likeness (QED) is 0.691. The van der Waals surface area contributed by atoms with E-state index in [0.717, 1.165) is 11.1 Å². The smallest absolute Gasteiger partial charge is 0.234 e. The maximum atomic E-state index is 11.1. The molecule has 3 rings (SSSR count). The van der Waals surface area contributed by atoms with Gasteiger partial charge in [-0.25, -0.2) is 15.0 Å². The number of hydrogen-bond acceptors (Lipinski definition) is 4. The third-order valence-electron chi connectivity index (χ3n) is 2.77. The molecule has 0 bridgehead atoms. The van der Waals surface area contributed by atoms with Crippen molar-refractivity contribution in [2.45, 2.75) is 0 Å². The lowest BCUT2D eigenvalue weighted by molar-refractivity contribution is 0.602. The van der Waals surface area contributed by atoms with Crippen molar-refractivity contribution < 1.29 is 4.57 Å². The average Bonchev–Trinajstić information content (AvgIpc) is 2.56. The van der Waals surface area contributed by atoms with Gasteiger partial charge in [-0.05, 0) is 0 Å². The van der Waals surface area contributed by atoms with Crippen LogP contribution in [-0.4, -0.2) is 15.0 Å². The van der Waals surface area contributed by atoms with Crippen molar-refractivity contribution in [1.82, 2.24) is 15.0 Å². The Kier molecular flexibility index (Phi) is 3.57. The molecule has 5 heteroatoms. The number of aromatic nitrogens is 3. The van der Waals surface area contributed by atoms with Crippen molar-refractivity contribution in [3.05, 3.63) is 60.7 Å². The molecular formula is C15H10N3OP. The lowest BCUT2D eigenvalue weighted by Gasteiger charge is -2.04. The Bertz CT molecular complexity index is 675. The second kappa shape index (κ2) is 5.68. The van der Waals surface area contributed by atoms with Gasteiger partial charge >= 0.3 is 0 Å². The van der Waals surface area contributed by atoms with Gasteiger partial charge < -0.3 is 0 Å². The molecule has 0 saturated carbocycles. The van der Waals surface area contributed by atoms with E-state index < -0.39 is 0 Å². The Morgan fingerprint density at radius 3 is 1.50 bits per heavy atom. The van der Waals surface area contributed by atoms with Crippen molar-refractivity contribution in [3.63, 3.8) is 0 Å². The van der Waals surface area contributed by atoms with Crippen LogP contribution in [0, 0.1) is 0 Å². The van der Waals surface area contributed by atoms with Gasteiger partial charge in [0.25, 0.3) is 0 Å². The third-order valence-corrected chi connectivity index (χ3v) is 3.13. The van der Waals surface area contributed by atoms with E-state index in [9.17, 15) is 4.57 Å². The van der Waals surface area contributed by atoms with Crippen molar-refractivity contribution in [1.29, 1.82) is 0 Å². The van der Waals surface area contributed by atoms with Gasteiger partial charge in [0.15, 0.2) is 11.6 Å². The summed E-state index contributed by atoms with van der Waals surface area (Å²) in [7, 11) is -0.213. The van der Waals surface area contributed by atoms with E-state index in [1.165, 1.54) is 0 Å². The molecule has 0 amide bonds. The van der Waals surface area contributed by atoms with E-state index in [-0.39, 0.29) is 14.0 Å². The van der Waals surface area contributed by atoms with Crippen LogP contribution >= 0.6 is 8.46 Å². The van der Waals surface area contributed by atoms with Crippen LogP contribution in [0.4, 0.5) is 0 Å². The Balaban J connectivity index is 2.15. The predicted molar refractivity (Wildman–Crippen MR) is 77.9 cm³/mol. The summed E-state index contributed by atoms with van der Waals surface area (Å²) in [5, 5.41) is 0. The van der Waals surface area contributed by atoms with Crippen molar-refractivity contribution in [2.24, 2.45) is 0 Å². The molecule has 96 valence electrons. The third kappa shape index (κ3) is 2.60. The second-order valence-electron chi connectivity index (χ2n) is 4.11. The van der Waals surface area contributed by atoms with E-state index in [1.807, 2.05) is 60.7 Å². The molecule has 0 aliphatic heterocycles. The van der Waals surface area contributed by atoms with Crippen LogP contribution in [0.3, 0.4) is 0 Å². The SMILES string of the molecule is O=Pc1nc(-c2ccccc2)nc(-c2ccccc2)n1. The Morgan fingerprint density at radius 2 is 1.10 bits per heavy atom. The highest BCUT2D eigenvalue weighted by Crippen LogP contribution is 2.18. The summed E-state index contributed by atoms with van der Waals surface area (Å²) in [4.78, 5) is 12.9. The number of benzene rings is 2. The minimum absolute atomic E-state index is 0.213. The van der Waals surface area contributed by atoms with E-state index in [2.05, 4.69) is 15.0 Å². The fourth-order valence-electron chi connectivity index (χ4n) is 1.84. The summed E-state index contributed by atoms with van der Waals surface area (Å²) in [5.74, 6) is 1.05. The van der Waals surface area contributed by atoms with Crippen LogP contribution in [0.25, 0.3) is 22.8 Å². The van der Waals surface area contributed by atoms with E-state index in [0.29, 0.717) is 11.6 Å². The predicted octanol–water partition coefficient (Wildman–Crippen LogP) is 3.12. The molecular weight excluding hydrogens is 269 g/mol. The van der Waals surface area contributed by atoms with Gasteiger partial charge in [-0.3, -0.25) is 4.57 Å². The highest BCUT2D eigenvalue weighted by molar-refractivity contribution is 7.33. The van der Waals surface area contributed by atoms with Gasteiger partial charge in [0.2, 0.25) is 14.0 Å². The molecule has 0 radical (unpaired) electrons. The summed E-state index contributed by atoms with van der Waals surface area (Å²) in [6, 6.07) is 19.2. The molecule has 0 aliphatic carbocycles. The minimum atomic E-state index is -0.213. The molecule has 0 spiro atoms. The summed E-state index contributed by atoms with van der Waals surface area (Å²) in [6.07, 6.45) is 0. The van der Waals surface area contributed by atoms with Crippen molar-refractivity contribution in [2.75, 3.05) is 0 Å². The highest BCUT2D eigenvalue weighted by Gasteiger charge is 2.09. The Morgan fingerprint density at radius 1 is 0.650 bits per heavy atom.